The van der Waals surface area contributed by atoms with Crippen LogP contribution in [0.5, 0.6) is 0 Å². The second-order valence-corrected chi connectivity index (χ2v) is 8.28. The first-order chi connectivity index (χ1) is 13.3. The van der Waals surface area contributed by atoms with Crippen molar-refractivity contribution in [3.05, 3.63) is 95.6 Å². The molecule has 0 aliphatic heterocycles. The second kappa shape index (κ2) is 8.27. The molecule has 0 saturated carbocycles. The Morgan fingerprint density at radius 2 is 1.46 bits per heavy atom. The third kappa shape index (κ3) is 4.78. The Labute approximate surface area is 165 Å². The van der Waals surface area contributed by atoms with Crippen LogP contribution in [0.4, 0.5) is 5.69 Å². The Kier molecular flexibility index (Phi) is 5.80. The van der Waals surface area contributed by atoms with Crippen molar-refractivity contribution in [2.75, 3.05) is 4.72 Å². The maximum atomic E-state index is 12.4. The van der Waals surface area contributed by atoms with Crippen LogP contribution in [0.3, 0.4) is 0 Å². The lowest BCUT2D eigenvalue weighted by atomic mass is 10.1. The first-order valence-electron chi connectivity index (χ1n) is 8.90. The van der Waals surface area contributed by atoms with Crippen molar-refractivity contribution in [1.29, 1.82) is 0 Å². The van der Waals surface area contributed by atoms with Gasteiger partial charge in [0.2, 0.25) is 0 Å². The number of nitrogens with one attached hydrogen (secondary N) is 2. The molecule has 6 heteroatoms. The van der Waals surface area contributed by atoms with Crippen molar-refractivity contribution in [3.63, 3.8) is 0 Å². The Balaban J connectivity index is 1.67. The molecule has 0 heterocycles. The number of benzene rings is 3. The number of rotatable bonds is 6. The van der Waals surface area contributed by atoms with Crippen molar-refractivity contribution in [2.24, 2.45) is 0 Å². The van der Waals surface area contributed by atoms with Crippen molar-refractivity contribution in [1.82, 2.24) is 5.32 Å². The molecule has 0 saturated heterocycles. The summed E-state index contributed by atoms with van der Waals surface area (Å²) in [5.41, 5.74) is 2.85. The van der Waals surface area contributed by atoms with E-state index in [1.807, 2.05) is 44.2 Å². The standard InChI is InChI=1S/C22H22N2O3S/c1-16-8-14-21(15-9-16)28(26,27)24-20-12-10-19(11-13-20)22(25)23-17(2)18-6-4-3-5-7-18/h3-15,17,24H,1-2H3,(H,23,25). The van der Waals surface area contributed by atoms with E-state index in [0.29, 0.717) is 11.3 Å². The zero-order valence-corrected chi connectivity index (χ0v) is 16.5. The fourth-order valence-electron chi connectivity index (χ4n) is 2.73. The summed E-state index contributed by atoms with van der Waals surface area (Å²) in [4.78, 5) is 12.6. The van der Waals surface area contributed by atoms with Crippen molar-refractivity contribution in [2.45, 2.75) is 24.8 Å². The van der Waals surface area contributed by atoms with E-state index in [-0.39, 0.29) is 16.8 Å². The molecule has 28 heavy (non-hydrogen) atoms. The van der Waals surface area contributed by atoms with E-state index in [1.54, 1.807) is 48.5 Å². The SMILES string of the molecule is Cc1ccc(S(=O)(=O)Nc2ccc(C(=O)NC(C)c3ccccc3)cc2)cc1. The molecule has 3 aromatic rings. The maximum absolute atomic E-state index is 12.4. The van der Waals surface area contributed by atoms with Gasteiger partial charge < -0.3 is 5.32 Å². The number of aryl methyl sites for hydroxylation is 1. The van der Waals surface area contributed by atoms with Crippen molar-refractivity contribution >= 4 is 21.6 Å². The summed E-state index contributed by atoms with van der Waals surface area (Å²) in [6.07, 6.45) is 0. The van der Waals surface area contributed by atoms with E-state index in [1.165, 1.54) is 0 Å². The Morgan fingerprint density at radius 3 is 2.07 bits per heavy atom. The number of amides is 1. The van der Waals surface area contributed by atoms with E-state index in [2.05, 4.69) is 10.0 Å². The van der Waals surface area contributed by atoms with E-state index in [0.717, 1.165) is 11.1 Å². The van der Waals surface area contributed by atoms with Gasteiger partial charge in [-0.2, -0.15) is 0 Å². The fraction of sp³-hybridized carbons (Fsp3) is 0.136. The van der Waals surface area contributed by atoms with Gasteiger partial charge in [-0.05, 0) is 55.8 Å². The lowest BCUT2D eigenvalue weighted by molar-refractivity contribution is 0.0940. The highest BCUT2D eigenvalue weighted by molar-refractivity contribution is 7.92. The summed E-state index contributed by atoms with van der Waals surface area (Å²) in [6, 6.07) is 22.5. The number of hydrogen-bond acceptors (Lipinski definition) is 3. The van der Waals surface area contributed by atoms with Crippen LogP contribution in [0.1, 0.15) is 34.5 Å². The topological polar surface area (TPSA) is 75.3 Å². The van der Waals surface area contributed by atoms with E-state index < -0.39 is 10.0 Å². The highest BCUT2D eigenvalue weighted by Gasteiger charge is 2.15. The van der Waals surface area contributed by atoms with Crippen LogP contribution >= 0.6 is 0 Å². The molecule has 2 N–H and O–H groups in total. The van der Waals surface area contributed by atoms with Gasteiger partial charge in [0.1, 0.15) is 0 Å². The zero-order chi connectivity index (χ0) is 20.1. The average Bonchev–Trinajstić information content (AvgIpc) is 2.69. The molecule has 0 bridgehead atoms. The summed E-state index contributed by atoms with van der Waals surface area (Å²) in [6.45, 7) is 3.81. The van der Waals surface area contributed by atoms with Crippen molar-refractivity contribution in [3.8, 4) is 0 Å². The molecular weight excluding hydrogens is 372 g/mol. The largest absolute Gasteiger partial charge is 0.346 e. The lowest BCUT2D eigenvalue weighted by Gasteiger charge is -2.14. The van der Waals surface area contributed by atoms with Gasteiger partial charge in [0, 0.05) is 11.3 Å². The van der Waals surface area contributed by atoms with Crippen LogP contribution in [0.15, 0.2) is 83.8 Å². The third-order valence-electron chi connectivity index (χ3n) is 4.38. The molecule has 144 valence electrons. The minimum absolute atomic E-state index is 0.131. The molecule has 3 aromatic carbocycles. The average molecular weight is 394 g/mol. The molecule has 0 aliphatic carbocycles. The first-order valence-corrected chi connectivity index (χ1v) is 10.4. The summed E-state index contributed by atoms with van der Waals surface area (Å²) in [5.74, 6) is -0.218. The number of anilines is 1. The Hall–Kier alpha value is -3.12. The summed E-state index contributed by atoms with van der Waals surface area (Å²) >= 11 is 0. The van der Waals surface area contributed by atoms with Gasteiger partial charge in [0.05, 0.1) is 10.9 Å². The van der Waals surface area contributed by atoms with E-state index >= 15 is 0 Å². The summed E-state index contributed by atoms with van der Waals surface area (Å²) < 4.78 is 27.4. The third-order valence-corrected chi connectivity index (χ3v) is 5.77. The summed E-state index contributed by atoms with van der Waals surface area (Å²) in [5, 5.41) is 2.93. The smallest absolute Gasteiger partial charge is 0.261 e. The molecule has 0 fully saturated rings. The maximum Gasteiger partial charge on any atom is 0.261 e. The zero-order valence-electron chi connectivity index (χ0n) is 15.7. The van der Waals surface area contributed by atoms with Crippen molar-refractivity contribution < 1.29 is 13.2 Å². The molecule has 0 aliphatic rings. The number of carbonyl (C=O) groups is 1. The lowest BCUT2D eigenvalue weighted by Crippen LogP contribution is -2.26. The monoisotopic (exact) mass is 394 g/mol. The highest BCUT2D eigenvalue weighted by Crippen LogP contribution is 2.18. The van der Waals surface area contributed by atoms with Gasteiger partial charge in [-0.1, -0.05) is 48.0 Å². The number of hydrogen-bond donors (Lipinski definition) is 2. The molecule has 1 unspecified atom stereocenters. The van der Waals surface area contributed by atoms with Crippen LogP contribution in [-0.4, -0.2) is 14.3 Å². The van der Waals surface area contributed by atoms with E-state index in [4.69, 9.17) is 0 Å². The van der Waals surface area contributed by atoms with Crippen LogP contribution in [0.2, 0.25) is 0 Å². The Morgan fingerprint density at radius 1 is 0.857 bits per heavy atom. The Bertz CT molecular complexity index is 1050. The number of carbonyl (C=O) groups excluding carboxylic acids is 1. The predicted octanol–water partition coefficient (Wildman–Crippen LogP) is 4.29. The predicted molar refractivity (Wildman–Crippen MR) is 111 cm³/mol. The molecule has 0 radical (unpaired) electrons. The van der Waals surface area contributed by atoms with Gasteiger partial charge >= 0.3 is 0 Å². The van der Waals surface area contributed by atoms with Crippen LogP contribution in [-0.2, 0) is 10.0 Å². The quantitative estimate of drug-likeness (QED) is 0.655. The number of sulfonamides is 1. The van der Waals surface area contributed by atoms with Gasteiger partial charge in [-0.25, -0.2) is 8.42 Å². The van der Waals surface area contributed by atoms with Gasteiger partial charge in [-0.15, -0.1) is 0 Å². The van der Waals surface area contributed by atoms with Gasteiger partial charge in [-0.3, -0.25) is 9.52 Å². The summed E-state index contributed by atoms with van der Waals surface area (Å²) in [7, 11) is -3.67. The van der Waals surface area contributed by atoms with E-state index in [9.17, 15) is 13.2 Å². The second-order valence-electron chi connectivity index (χ2n) is 6.60. The van der Waals surface area contributed by atoms with Crippen LogP contribution in [0, 0.1) is 6.92 Å². The molecular formula is C22H22N2O3S. The van der Waals surface area contributed by atoms with Crippen LogP contribution < -0.4 is 10.0 Å². The molecule has 3 rings (SSSR count). The first kappa shape index (κ1) is 19.6. The normalized spacial score (nSPS) is 12.2. The van der Waals surface area contributed by atoms with Gasteiger partial charge in [0.25, 0.3) is 15.9 Å². The molecule has 0 aromatic heterocycles. The molecule has 0 spiro atoms. The fourth-order valence-corrected chi connectivity index (χ4v) is 3.78. The minimum atomic E-state index is -3.67. The highest BCUT2D eigenvalue weighted by atomic mass is 32.2. The van der Waals surface area contributed by atoms with Crippen LogP contribution in [0.25, 0.3) is 0 Å². The molecule has 1 amide bonds. The molecule has 1 atom stereocenters. The molecule has 5 nitrogen and oxygen atoms in total. The van der Waals surface area contributed by atoms with Gasteiger partial charge in [0.15, 0.2) is 0 Å². The minimum Gasteiger partial charge on any atom is -0.346 e.